The molecule has 6 nitrogen and oxygen atoms in total. The van der Waals surface area contributed by atoms with Gasteiger partial charge in [-0.15, -0.1) is 0 Å². The second kappa shape index (κ2) is 8.18. The van der Waals surface area contributed by atoms with Crippen molar-refractivity contribution in [1.82, 2.24) is 9.80 Å². The molecule has 0 aliphatic carbocycles. The maximum absolute atomic E-state index is 12.3. The lowest BCUT2D eigenvalue weighted by atomic mass is 10.1. The van der Waals surface area contributed by atoms with Crippen molar-refractivity contribution in [2.24, 2.45) is 0 Å². The molecule has 134 valence electrons. The summed E-state index contributed by atoms with van der Waals surface area (Å²) in [7, 11) is 1.89. The van der Waals surface area contributed by atoms with Crippen molar-refractivity contribution < 1.29 is 19.1 Å². The molecular formula is C19H24N2O4. The van der Waals surface area contributed by atoms with Gasteiger partial charge < -0.3 is 19.2 Å². The maximum Gasteiger partial charge on any atom is 0.290 e. The first-order valence-electron chi connectivity index (χ1n) is 8.56. The summed E-state index contributed by atoms with van der Waals surface area (Å²) in [5.74, 6) is 1.99. The first-order chi connectivity index (χ1) is 12.1. The van der Waals surface area contributed by atoms with Crippen LogP contribution in [0.25, 0.3) is 0 Å². The Kier molecular flexibility index (Phi) is 5.73. The van der Waals surface area contributed by atoms with E-state index in [1.54, 1.807) is 6.07 Å². The molecule has 1 aromatic heterocycles. The SMILES string of the molecule is CN(CC(=O)N1CCC(O)CC1)Cc1ccc(Oc2ccccc2)o1. The largest absolute Gasteiger partial charge is 0.429 e. The van der Waals surface area contributed by atoms with Gasteiger partial charge in [0, 0.05) is 19.2 Å². The molecule has 1 amide bonds. The number of hydrogen-bond donors (Lipinski definition) is 1. The molecule has 2 aromatic rings. The topological polar surface area (TPSA) is 66.2 Å². The van der Waals surface area contributed by atoms with Crippen molar-refractivity contribution in [3.63, 3.8) is 0 Å². The van der Waals surface area contributed by atoms with Crippen LogP contribution in [0.1, 0.15) is 18.6 Å². The van der Waals surface area contributed by atoms with Crippen LogP contribution >= 0.6 is 0 Å². The van der Waals surface area contributed by atoms with E-state index < -0.39 is 0 Å². The van der Waals surface area contributed by atoms with E-state index in [1.807, 2.05) is 53.2 Å². The zero-order valence-corrected chi connectivity index (χ0v) is 14.4. The van der Waals surface area contributed by atoms with Gasteiger partial charge in [0.1, 0.15) is 11.5 Å². The van der Waals surface area contributed by atoms with Gasteiger partial charge in [0.25, 0.3) is 5.95 Å². The zero-order valence-electron chi connectivity index (χ0n) is 14.4. The number of nitrogens with zero attached hydrogens (tertiary/aromatic N) is 2. The van der Waals surface area contributed by atoms with Gasteiger partial charge in [-0.05, 0) is 38.1 Å². The van der Waals surface area contributed by atoms with E-state index in [1.165, 1.54) is 0 Å². The Balaban J connectivity index is 1.48. The summed E-state index contributed by atoms with van der Waals surface area (Å²) in [4.78, 5) is 16.0. The summed E-state index contributed by atoms with van der Waals surface area (Å²) in [6.45, 7) is 2.11. The molecular weight excluding hydrogens is 320 g/mol. The summed E-state index contributed by atoms with van der Waals surface area (Å²) in [6.07, 6.45) is 1.05. The van der Waals surface area contributed by atoms with Crippen molar-refractivity contribution >= 4 is 5.91 Å². The van der Waals surface area contributed by atoms with Gasteiger partial charge in [-0.1, -0.05) is 18.2 Å². The number of likely N-dealkylation sites (tertiary alicyclic amines) is 1. The summed E-state index contributed by atoms with van der Waals surface area (Å²) in [5, 5.41) is 9.52. The van der Waals surface area contributed by atoms with Crippen molar-refractivity contribution in [1.29, 1.82) is 0 Å². The number of benzene rings is 1. The van der Waals surface area contributed by atoms with Crippen LogP contribution in [0.4, 0.5) is 0 Å². The minimum Gasteiger partial charge on any atom is -0.429 e. The van der Waals surface area contributed by atoms with Gasteiger partial charge in [-0.2, -0.15) is 0 Å². The number of furan rings is 1. The Labute approximate surface area is 147 Å². The predicted octanol–water partition coefficient (Wildman–Crippen LogP) is 2.49. The molecule has 1 aliphatic heterocycles. The molecule has 1 aromatic carbocycles. The van der Waals surface area contributed by atoms with Gasteiger partial charge in [0.15, 0.2) is 0 Å². The minimum atomic E-state index is -0.270. The van der Waals surface area contributed by atoms with Crippen molar-refractivity contribution in [2.75, 3.05) is 26.7 Å². The highest BCUT2D eigenvalue weighted by atomic mass is 16.6. The highest BCUT2D eigenvalue weighted by Gasteiger charge is 2.22. The Morgan fingerprint density at radius 3 is 2.68 bits per heavy atom. The second-order valence-electron chi connectivity index (χ2n) is 6.42. The Hall–Kier alpha value is -2.31. The van der Waals surface area contributed by atoms with Gasteiger partial charge >= 0.3 is 0 Å². The Bertz CT molecular complexity index is 678. The molecule has 0 bridgehead atoms. The average Bonchev–Trinajstić information content (AvgIpc) is 3.03. The number of para-hydroxylation sites is 1. The van der Waals surface area contributed by atoms with Crippen LogP contribution in [0, 0.1) is 0 Å². The first kappa shape index (κ1) is 17.5. The van der Waals surface area contributed by atoms with E-state index in [-0.39, 0.29) is 12.0 Å². The second-order valence-corrected chi connectivity index (χ2v) is 6.42. The Morgan fingerprint density at radius 2 is 1.96 bits per heavy atom. The lowest BCUT2D eigenvalue weighted by molar-refractivity contribution is -0.134. The van der Waals surface area contributed by atoms with Crippen LogP contribution in [-0.4, -0.2) is 53.6 Å². The molecule has 6 heteroatoms. The molecule has 3 rings (SSSR count). The molecule has 25 heavy (non-hydrogen) atoms. The highest BCUT2D eigenvalue weighted by molar-refractivity contribution is 5.78. The lowest BCUT2D eigenvalue weighted by Gasteiger charge is -2.30. The molecule has 1 fully saturated rings. The number of carbonyl (C=O) groups is 1. The number of carbonyl (C=O) groups excluding carboxylic acids is 1. The van der Waals surface area contributed by atoms with E-state index in [2.05, 4.69) is 0 Å². The van der Waals surface area contributed by atoms with Gasteiger partial charge in [0.2, 0.25) is 5.91 Å². The number of piperidine rings is 1. The number of aliphatic hydroxyl groups excluding tert-OH is 1. The molecule has 1 N–H and O–H groups in total. The standard InChI is InChI=1S/C19H24N2O4/c1-20(14-18(23)21-11-9-15(22)10-12-21)13-17-7-8-19(25-17)24-16-5-3-2-4-6-16/h2-8,15,22H,9-14H2,1H3. The van der Waals surface area contributed by atoms with Gasteiger partial charge in [0.05, 0.1) is 19.2 Å². The zero-order chi connectivity index (χ0) is 17.6. The normalized spacial score (nSPS) is 15.6. The Morgan fingerprint density at radius 1 is 1.24 bits per heavy atom. The van der Waals surface area contributed by atoms with Crippen LogP contribution < -0.4 is 4.74 Å². The number of rotatable bonds is 6. The molecule has 2 heterocycles. The summed E-state index contributed by atoms with van der Waals surface area (Å²) < 4.78 is 11.3. The third-order valence-electron chi connectivity index (χ3n) is 4.25. The van der Waals surface area contributed by atoms with Crippen LogP contribution in [0.3, 0.4) is 0 Å². The van der Waals surface area contributed by atoms with Crippen LogP contribution in [0.2, 0.25) is 0 Å². The van der Waals surface area contributed by atoms with Crippen LogP contribution in [-0.2, 0) is 11.3 Å². The molecule has 0 unspecified atom stereocenters. The van der Waals surface area contributed by atoms with Crippen molar-refractivity contribution in [3.8, 4) is 11.7 Å². The molecule has 1 saturated heterocycles. The van der Waals surface area contributed by atoms with Crippen LogP contribution in [0.5, 0.6) is 11.7 Å². The molecule has 0 saturated carbocycles. The molecule has 0 atom stereocenters. The van der Waals surface area contributed by atoms with E-state index in [4.69, 9.17) is 9.15 Å². The third kappa shape index (κ3) is 5.08. The summed E-state index contributed by atoms with van der Waals surface area (Å²) in [5.41, 5.74) is 0. The van der Waals surface area contributed by atoms with Gasteiger partial charge in [-0.3, -0.25) is 9.69 Å². The monoisotopic (exact) mass is 344 g/mol. The lowest BCUT2D eigenvalue weighted by Crippen LogP contribution is -2.44. The number of likely N-dealkylation sites (N-methyl/N-ethyl adjacent to an activating group) is 1. The summed E-state index contributed by atoms with van der Waals surface area (Å²) in [6, 6.07) is 13.1. The van der Waals surface area contributed by atoms with Crippen molar-refractivity contribution in [2.45, 2.75) is 25.5 Å². The first-order valence-corrected chi connectivity index (χ1v) is 8.56. The number of amides is 1. The fourth-order valence-corrected chi connectivity index (χ4v) is 2.87. The highest BCUT2D eigenvalue weighted by Crippen LogP contribution is 2.24. The molecule has 1 aliphatic rings. The van der Waals surface area contributed by atoms with E-state index in [0.717, 1.165) is 11.5 Å². The van der Waals surface area contributed by atoms with E-state index in [9.17, 15) is 9.90 Å². The number of hydrogen-bond acceptors (Lipinski definition) is 5. The number of ether oxygens (including phenoxy) is 1. The minimum absolute atomic E-state index is 0.0849. The third-order valence-corrected chi connectivity index (χ3v) is 4.25. The van der Waals surface area contributed by atoms with E-state index >= 15 is 0 Å². The quantitative estimate of drug-likeness (QED) is 0.872. The predicted molar refractivity (Wildman–Crippen MR) is 93.4 cm³/mol. The van der Waals surface area contributed by atoms with Crippen molar-refractivity contribution in [3.05, 3.63) is 48.2 Å². The average molecular weight is 344 g/mol. The maximum atomic E-state index is 12.3. The number of aliphatic hydroxyl groups is 1. The van der Waals surface area contributed by atoms with E-state index in [0.29, 0.717) is 45.0 Å². The fraction of sp³-hybridized carbons (Fsp3) is 0.421. The molecule has 0 spiro atoms. The van der Waals surface area contributed by atoms with Crippen LogP contribution in [0.15, 0.2) is 46.9 Å². The summed E-state index contributed by atoms with van der Waals surface area (Å²) >= 11 is 0. The van der Waals surface area contributed by atoms with Gasteiger partial charge in [-0.25, -0.2) is 0 Å². The smallest absolute Gasteiger partial charge is 0.290 e. The molecule has 0 radical (unpaired) electrons. The fourth-order valence-electron chi connectivity index (χ4n) is 2.87.